The van der Waals surface area contributed by atoms with Crippen LogP contribution in [0.15, 0.2) is 146 Å². The number of fused-ring (bicyclic) bond motifs is 9. The number of para-hydroxylation sites is 1. The molecule has 2 heteroatoms. The van der Waals surface area contributed by atoms with Gasteiger partial charge in [-0.05, 0) is 74.7 Å². The van der Waals surface area contributed by atoms with Gasteiger partial charge in [-0.3, -0.25) is 0 Å². The highest BCUT2D eigenvalue weighted by Crippen LogP contribution is 2.52. The van der Waals surface area contributed by atoms with Crippen LogP contribution in [0.25, 0.3) is 86.5 Å². The van der Waals surface area contributed by atoms with Crippen LogP contribution in [-0.2, 0) is 6.42 Å². The molecular formula is C43H27NS. The fourth-order valence-electron chi connectivity index (χ4n) is 7.77. The van der Waals surface area contributed by atoms with Crippen molar-refractivity contribution in [3.63, 3.8) is 0 Å². The van der Waals surface area contributed by atoms with E-state index in [9.17, 15) is 0 Å². The second-order valence-corrected chi connectivity index (χ2v) is 13.2. The van der Waals surface area contributed by atoms with E-state index in [2.05, 4.69) is 151 Å². The molecule has 0 amide bonds. The molecule has 0 spiro atoms. The number of aromatic amines is 1. The quantitative estimate of drug-likeness (QED) is 0.211. The van der Waals surface area contributed by atoms with Gasteiger partial charge in [0.25, 0.3) is 0 Å². The first kappa shape index (κ1) is 24.9. The highest BCUT2D eigenvalue weighted by Gasteiger charge is 2.28. The van der Waals surface area contributed by atoms with Gasteiger partial charge in [-0.15, -0.1) is 11.3 Å². The van der Waals surface area contributed by atoms with E-state index in [4.69, 9.17) is 0 Å². The average molecular weight is 590 g/mol. The van der Waals surface area contributed by atoms with Crippen LogP contribution >= 0.6 is 11.3 Å². The normalized spacial score (nSPS) is 12.4. The molecule has 0 bridgehead atoms. The fraction of sp³-hybridized carbons (Fsp3) is 0.0233. The van der Waals surface area contributed by atoms with Gasteiger partial charge in [0.05, 0.1) is 5.52 Å². The van der Waals surface area contributed by atoms with Crippen molar-refractivity contribution in [2.75, 3.05) is 0 Å². The van der Waals surface area contributed by atoms with E-state index < -0.39 is 0 Å². The first-order valence-corrected chi connectivity index (χ1v) is 16.4. The van der Waals surface area contributed by atoms with Crippen LogP contribution in [0.2, 0.25) is 0 Å². The fourth-order valence-corrected chi connectivity index (χ4v) is 8.90. The highest BCUT2D eigenvalue weighted by molar-refractivity contribution is 7.25. The van der Waals surface area contributed by atoms with Crippen molar-refractivity contribution in [2.45, 2.75) is 6.42 Å². The summed E-state index contributed by atoms with van der Waals surface area (Å²) in [6.45, 7) is 0. The lowest BCUT2D eigenvalue weighted by atomic mass is 9.83. The first-order valence-electron chi connectivity index (χ1n) is 15.6. The highest BCUT2D eigenvalue weighted by atomic mass is 32.1. The SMILES string of the molecule is c1ccc(-c2ccc3c([nH]c4ccccc43)c2-c2ccc3c(c2-c2cccc4sc5ccccc5c24)Cc2ccccc2-3)cc1. The van der Waals surface area contributed by atoms with Gasteiger partial charge in [-0.1, -0.05) is 127 Å². The summed E-state index contributed by atoms with van der Waals surface area (Å²) in [4.78, 5) is 3.88. The van der Waals surface area contributed by atoms with Crippen LogP contribution < -0.4 is 0 Å². The molecule has 2 heterocycles. The Morgan fingerprint density at radius 1 is 0.444 bits per heavy atom. The van der Waals surface area contributed by atoms with Crippen molar-refractivity contribution < 1.29 is 0 Å². The van der Waals surface area contributed by atoms with Gasteiger partial charge in [0, 0.05) is 42.0 Å². The molecule has 0 saturated carbocycles. The molecule has 0 aliphatic heterocycles. The smallest absolute Gasteiger partial charge is 0.0551 e. The number of nitrogens with one attached hydrogen (secondary N) is 1. The Morgan fingerprint density at radius 3 is 2.09 bits per heavy atom. The second-order valence-electron chi connectivity index (χ2n) is 12.1. The zero-order chi connectivity index (χ0) is 29.5. The van der Waals surface area contributed by atoms with E-state index in [1.807, 2.05) is 11.3 Å². The molecule has 0 fully saturated rings. The molecule has 1 aliphatic rings. The molecule has 0 unspecified atom stereocenters. The Kier molecular flexibility index (Phi) is 5.28. The summed E-state index contributed by atoms with van der Waals surface area (Å²) in [7, 11) is 0. The number of benzene rings is 7. The molecule has 0 radical (unpaired) electrons. The Bertz CT molecular complexity index is 2620. The lowest BCUT2D eigenvalue weighted by Gasteiger charge is -2.20. The molecule has 7 aromatic carbocycles. The second kappa shape index (κ2) is 9.53. The molecule has 1 nitrogen and oxygen atoms in total. The van der Waals surface area contributed by atoms with E-state index in [0.29, 0.717) is 0 Å². The van der Waals surface area contributed by atoms with Crippen LogP contribution in [0.3, 0.4) is 0 Å². The molecule has 45 heavy (non-hydrogen) atoms. The Labute approximate surface area is 265 Å². The van der Waals surface area contributed by atoms with Crippen molar-refractivity contribution in [3.05, 3.63) is 157 Å². The van der Waals surface area contributed by atoms with Crippen molar-refractivity contribution >= 4 is 53.3 Å². The van der Waals surface area contributed by atoms with Gasteiger partial charge >= 0.3 is 0 Å². The molecule has 9 aromatic rings. The Balaban J connectivity index is 1.39. The van der Waals surface area contributed by atoms with Gasteiger partial charge in [0.1, 0.15) is 0 Å². The maximum Gasteiger partial charge on any atom is 0.0551 e. The summed E-state index contributed by atoms with van der Waals surface area (Å²) in [5.41, 5.74) is 15.6. The minimum absolute atomic E-state index is 0.927. The molecule has 10 rings (SSSR count). The molecular weight excluding hydrogens is 563 g/mol. The number of thiophene rings is 1. The van der Waals surface area contributed by atoms with Crippen LogP contribution in [0, 0.1) is 0 Å². The maximum absolute atomic E-state index is 3.88. The van der Waals surface area contributed by atoms with Crippen molar-refractivity contribution in [3.8, 4) is 44.5 Å². The van der Waals surface area contributed by atoms with Crippen LogP contribution in [0.1, 0.15) is 11.1 Å². The third-order valence-corrected chi connectivity index (χ3v) is 10.8. The van der Waals surface area contributed by atoms with Gasteiger partial charge in [-0.2, -0.15) is 0 Å². The van der Waals surface area contributed by atoms with Gasteiger partial charge in [0.2, 0.25) is 0 Å². The zero-order valence-corrected chi connectivity index (χ0v) is 25.3. The standard InChI is InChI=1S/C43H27NS/c1-2-11-26(12-3-1)29-21-23-32-31-15-6-8-18-37(31)44-43(32)42(29)35-24-22-30-28-14-5-4-13-27(28)25-36(30)40(35)34-17-10-20-39-41(34)33-16-7-9-19-38(33)45-39/h1-24,44H,25H2. The van der Waals surface area contributed by atoms with Crippen molar-refractivity contribution in [2.24, 2.45) is 0 Å². The molecule has 1 aliphatic carbocycles. The van der Waals surface area contributed by atoms with Crippen LogP contribution in [0.4, 0.5) is 0 Å². The lowest BCUT2D eigenvalue weighted by Crippen LogP contribution is -1.96. The topological polar surface area (TPSA) is 15.8 Å². The van der Waals surface area contributed by atoms with Crippen molar-refractivity contribution in [1.29, 1.82) is 0 Å². The number of hydrogen-bond donors (Lipinski definition) is 1. The third kappa shape index (κ3) is 3.61. The molecule has 210 valence electrons. The Morgan fingerprint density at radius 2 is 1.16 bits per heavy atom. The zero-order valence-electron chi connectivity index (χ0n) is 24.5. The number of H-pyrrole nitrogens is 1. The Hall–Kier alpha value is -5.44. The molecule has 0 atom stereocenters. The van der Waals surface area contributed by atoms with E-state index in [0.717, 1.165) is 6.42 Å². The summed E-state index contributed by atoms with van der Waals surface area (Å²) in [5.74, 6) is 0. The van der Waals surface area contributed by atoms with Gasteiger partial charge in [0.15, 0.2) is 0 Å². The van der Waals surface area contributed by atoms with Crippen LogP contribution in [-0.4, -0.2) is 4.98 Å². The van der Waals surface area contributed by atoms with Gasteiger partial charge in [-0.25, -0.2) is 0 Å². The first-order chi connectivity index (χ1) is 22.3. The monoisotopic (exact) mass is 589 g/mol. The summed E-state index contributed by atoms with van der Waals surface area (Å²) in [6.07, 6.45) is 0.927. The molecule has 0 saturated heterocycles. The predicted molar refractivity (Wildman–Crippen MR) is 193 cm³/mol. The summed E-state index contributed by atoms with van der Waals surface area (Å²) < 4.78 is 2.67. The van der Waals surface area contributed by atoms with E-state index in [1.54, 1.807) is 0 Å². The molecule has 1 N–H and O–H groups in total. The maximum atomic E-state index is 3.88. The van der Waals surface area contributed by atoms with E-state index in [1.165, 1.54) is 97.6 Å². The summed E-state index contributed by atoms with van der Waals surface area (Å²) in [5, 5.41) is 5.21. The van der Waals surface area contributed by atoms with Gasteiger partial charge < -0.3 is 4.98 Å². The number of hydrogen-bond acceptors (Lipinski definition) is 1. The largest absolute Gasteiger partial charge is 0.354 e. The minimum Gasteiger partial charge on any atom is -0.354 e. The average Bonchev–Trinajstić information content (AvgIpc) is 3.79. The minimum atomic E-state index is 0.927. The summed E-state index contributed by atoms with van der Waals surface area (Å²) in [6, 6.07) is 53.7. The van der Waals surface area contributed by atoms with E-state index in [-0.39, 0.29) is 0 Å². The summed E-state index contributed by atoms with van der Waals surface area (Å²) >= 11 is 1.89. The predicted octanol–water partition coefficient (Wildman–Crippen LogP) is 12.3. The molecule has 2 aromatic heterocycles. The number of rotatable bonds is 3. The lowest BCUT2D eigenvalue weighted by molar-refractivity contribution is 1.27. The third-order valence-electron chi connectivity index (χ3n) is 9.70. The van der Waals surface area contributed by atoms with Crippen LogP contribution in [0.5, 0.6) is 0 Å². The number of aromatic nitrogens is 1. The van der Waals surface area contributed by atoms with Crippen molar-refractivity contribution in [1.82, 2.24) is 4.98 Å². The van der Waals surface area contributed by atoms with E-state index >= 15 is 0 Å².